The van der Waals surface area contributed by atoms with Gasteiger partial charge in [-0.3, -0.25) is 4.79 Å². The number of hydrogen-bond donors (Lipinski definition) is 1. The van der Waals surface area contributed by atoms with E-state index < -0.39 is 0 Å². The predicted octanol–water partition coefficient (Wildman–Crippen LogP) is 3.55. The van der Waals surface area contributed by atoms with E-state index in [0.29, 0.717) is 11.7 Å². The molecule has 0 aromatic carbocycles. The third kappa shape index (κ3) is 4.11. The van der Waals surface area contributed by atoms with Crippen LogP contribution >= 0.6 is 23.1 Å². The SMILES string of the molecule is O=C(CSCc1csc(-c2ccco2)n1)NCC1CCC1. The van der Waals surface area contributed by atoms with Crippen molar-refractivity contribution < 1.29 is 9.21 Å². The number of carbonyl (C=O) groups is 1. The van der Waals surface area contributed by atoms with E-state index in [1.807, 2.05) is 17.5 Å². The minimum absolute atomic E-state index is 0.133. The summed E-state index contributed by atoms with van der Waals surface area (Å²) >= 11 is 3.18. The molecule has 0 spiro atoms. The van der Waals surface area contributed by atoms with E-state index >= 15 is 0 Å². The number of hydrogen-bond acceptors (Lipinski definition) is 5. The van der Waals surface area contributed by atoms with E-state index in [4.69, 9.17) is 4.42 Å². The quantitative estimate of drug-likeness (QED) is 0.847. The largest absolute Gasteiger partial charge is 0.462 e. The van der Waals surface area contributed by atoms with Gasteiger partial charge in [-0.25, -0.2) is 4.98 Å². The number of aromatic nitrogens is 1. The Kier molecular flexibility index (Phi) is 4.98. The molecule has 2 aromatic heterocycles. The van der Waals surface area contributed by atoms with Crippen LogP contribution in [-0.4, -0.2) is 23.2 Å². The molecule has 1 aliphatic rings. The van der Waals surface area contributed by atoms with Crippen LogP contribution in [0.15, 0.2) is 28.2 Å². The summed E-state index contributed by atoms with van der Waals surface area (Å²) in [5, 5.41) is 5.92. The van der Waals surface area contributed by atoms with Crippen LogP contribution in [0, 0.1) is 5.92 Å². The topological polar surface area (TPSA) is 55.1 Å². The van der Waals surface area contributed by atoms with Gasteiger partial charge in [0, 0.05) is 17.7 Å². The smallest absolute Gasteiger partial charge is 0.230 e. The zero-order chi connectivity index (χ0) is 14.5. The van der Waals surface area contributed by atoms with E-state index in [-0.39, 0.29) is 5.91 Å². The van der Waals surface area contributed by atoms with Crippen LogP contribution < -0.4 is 5.32 Å². The fraction of sp³-hybridized carbons (Fsp3) is 0.467. The van der Waals surface area contributed by atoms with Gasteiger partial charge in [-0.2, -0.15) is 0 Å². The van der Waals surface area contributed by atoms with Crippen molar-refractivity contribution in [1.29, 1.82) is 0 Å². The first kappa shape index (κ1) is 14.7. The van der Waals surface area contributed by atoms with E-state index in [2.05, 4.69) is 10.3 Å². The average molecular weight is 322 g/mol. The lowest BCUT2D eigenvalue weighted by molar-refractivity contribution is -0.118. The first-order valence-corrected chi connectivity index (χ1v) is 9.17. The number of furan rings is 1. The lowest BCUT2D eigenvalue weighted by Crippen LogP contribution is -2.33. The summed E-state index contributed by atoms with van der Waals surface area (Å²) < 4.78 is 5.32. The lowest BCUT2D eigenvalue weighted by Gasteiger charge is -2.25. The number of rotatable bonds is 7. The highest BCUT2D eigenvalue weighted by Gasteiger charge is 2.17. The van der Waals surface area contributed by atoms with Gasteiger partial charge in [-0.1, -0.05) is 6.42 Å². The van der Waals surface area contributed by atoms with E-state index in [1.54, 1.807) is 29.4 Å². The van der Waals surface area contributed by atoms with Crippen molar-refractivity contribution in [3.05, 3.63) is 29.5 Å². The molecule has 21 heavy (non-hydrogen) atoms. The van der Waals surface area contributed by atoms with Crippen molar-refractivity contribution in [2.45, 2.75) is 25.0 Å². The molecular weight excluding hydrogens is 304 g/mol. The Bertz CT molecular complexity index is 576. The Hall–Kier alpha value is -1.27. The van der Waals surface area contributed by atoms with Gasteiger partial charge < -0.3 is 9.73 Å². The summed E-state index contributed by atoms with van der Waals surface area (Å²) in [5.41, 5.74) is 1.00. The fourth-order valence-electron chi connectivity index (χ4n) is 2.14. The molecular formula is C15H18N2O2S2. The second kappa shape index (κ2) is 7.13. The highest BCUT2D eigenvalue weighted by atomic mass is 32.2. The molecule has 0 unspecified atom stereocenters. The zero-order valence-electron chi connectivity index (χ0n) is 11.7. The number of thiazole rings is 1. The van der Waals surface area contributed by atoms with Gasteiger partial charge in [-0.15, -0.1) is 23.1 Å². The minimum Gasteiger partial charge on any atom is -0.462 e. The second-order valence-corrected chi connectivity index (χ2v) is 7.06. The molecule has 3 rings (SSSR count). The molecule has 112 valence electrons. The van der Waals surface area contributed by atoms with Gasteiger partial charge >= 0.3 is 0 Å². The number of carbonyl (C=O) groups excluding carboxylic acids is 1. The van der Waals surface area contributed by atoms with Crippen LogP contribution in [0.25, 0.3) is 10.8 Å². The minimum atomic E-state index is 0.133. The number of amides is 1. The molecule has 1 aliphatic carbocycles. The van der Waals surface area contributed by atoms with E-state index in [9.17, 15) is 4.79 Å². The summed E-state index contributed by atoms with van der Waals surface area (Å²) in [6.07, 6.45) is 5.50. The molecule has 1 fully saturated rings. The van der Waals surface area contributed by atoms with Gasteiger partial charge in [0.15, 0.2) is 10.8 Å². The molecule has 1 saturated carbocycles. The number of thioether (sulfide) groups is 1. The molecule has 4 nitrogen and oxygen atoms in total. The third-order valence-electron chi connectivity index (χ3n) is 3.58. The van der Waals surface area contributed by atoms with Crippen LogP contribution in [0.2, 0.25) is 0 Å². The summed E-state index contributed by atoms with van der Waals surface area (Å²) in [6, 6.07) is 3.77. The zero-order valence-corrected chi connectivity index (χ0v) is 13.3. The molecule has 0 atom stereocenters. The number of nitrogens with one attached hydrogen (secondary N) is 1. The fourth-order valence-corrected chi connectivity index (χ4v) is 3.78. The maximum Gasteiger partial charge on any atom is 0.230 e. The van der Waals surface area contributed by atoms with Crippen LogP contribution in [0.3, 0.4) is 0 Å². The molecule has 0 radical (unpaired) electrons. The Labute approximate surface area is 132 Å². The normalized spacial score (nSPS) is 14.9. The summed E-state index contributed by atoms with van der Waals surface area (Å²) in [5.74, 6) is 2.91. The Morgan fingerprint density at radius 3 is 3.14 bits per heavy atom. The highest BCUT2D eigenvalue weighted by molar-refractivity contribution is 7.99. The molecule has 2 heterocycles. The van der Waals surface area contributed by atoms with Gasteiger partial charge in [0.1, 0.15) is 0 Å². The lowest BCUT2D eigenvalue weighted by atomic mass is 9.85. The maximum atomic E-state index is 11.7. The van der Waals surface area contributed by atoms with E-state index in [1.165, 1.54) is 19.3 Å². The molecule has 2 aromatic rings. The summed E-state index contributed by atoms with van der Waals surface area (Å²) in [4.78, 5) is 16.2. The Morgan fingerprint density at radius 2 is 2.43 bits per heavy atom. The number of nitrogens with zero attached hydrogens (tertiary/aromatic N) is 1. The van der Waals surface area contributed by atoms with Gasteiger partial charge in [0.2, 0.25) is 5.91 Å². The molecule has 1 N–H and O–H groups in total. The third-order valence-corrected chi connectivity index (χ3v) is 5.45. The van der Waals surface area contributed by atoms with Crippen LogP contribution in [-0.2, 0) is 10.5 Å². The van der Waals surface area contributed by atoms with Crippen molar-refractivity contribution in [2.75, 3.05) is 12.3 Å². The first-order valence-electron chi connectivity index (χ1n) is 7.14. The molecule has 1 amide bonds. The molecule has 6 heteroatoms. The Balaban J connectivity index is 1.38. The van der Waals surface area contributed by atoms with Crippen molar-refractivity contribution in [1.82, 2.24) is 10.3 Å². The second-order valence-electron chi connectivity index (χ2n) is 5.22. The summed E-state index contributed by atoms with van der Waals surface area (Å²) in [7, 11) is 0. The predicted molar refractivity (Wildman–Crippen MR) is 86.3 cm³/mol. The van der Waals surface area contributed by atoms with Crippen LogP contribution in [0.4, 0.5) is 0 Å². The first-order chi connectivity index (χ1) is 10.3. The van der Waals surface area contributed by atoms with Gasteiger partial charge in [0.05, 0.1) is 17.7 Å². The molecule has 0 bridgehead atoms. The summed E-state index contributed by atoms with van der Waals surface area (Å²) in [6.45, 7) is 0.846. The van der Waals surface area contributed by atoms with Gasteiger partial charge in [0.25, 0.3) is 0 Å². The molecule has 0 aliphatic heterocycles. The van der Waals surface area contributed by atoms with Crippen molar-refractivity contribution >= 4 is 29.0 Å². The van der Waals surface area contributed by atoms with Gasteiger partial charge in [-0.05, 0) is 30.9 Å². The van der Waals surface area contributed by atoms with Crippen LogP contribution in [0.1, 0.15) is 25.0 Å². The van der Waals surface area contributed by atoms with Crippen LogP contribution in [0.5, 0.6) is 0 Å². The van der Waals surface area contributed by atoms with Crippen molar-refractivity contribution in [3.63, 3.8) is 0 Å². The maximum absolute atomic E-state index is 11.7. The highest BCUT2D eigenvalue weighted by Crippen LogP contribution is 2.26. The van der Waals surface area contributed by atoms with Crippen molar-refractivity contribution in [2.24, 2.45) is 5.92 Å². The molecule has 0 saturated heterocycles. The van der Waals surface area contributed by atoms with E-state index in [0.717, 1.165) is 28.8 Å². The van der Waals surface area contributed by atoms with Crippen molar-refractivity contribution in [3.8, 4) is 10.8 Å². The monoisotopic (exact) mass is 322 g/mol. The standard InChI is InChI=1S/C15H18N2O2S2/c18-14(16-7-11-3-1-4-11)10-20-8-12-9-21-15(17-12)13-5-2-6-19-13/h2,5-6,9,11H,1,3-4,7-8,10H2,(H,16,18). The average Bonchev–Trinajstić information content (AvgIpc) is 3.07. The Morgan fingerprint density at radius 1 is 1.52 bits per heavy atom.